The van der Waals surface area contributed by atoms with Gasteiger partial charge in [-0.3, -0.25) is 0 Å². The Morgan fingerprint density at radius 3 is 2.81 bits per heavy atom. The van der Waals surface area contributed by atoms with Gasteiger partial charge in [0, 0.05) is 10.5 Å². The van der Waals surface area contributed by atoms with Crippen LogP contribution in [0.15, 0.2) is 39.8 Å². The van der Waals surface area contributed by atoms with Crippen molar-refractivity contribution < 1.29 is 14.3 Å². The first kappa shape index (κ1) is 13.3. The van der Waals surface area contributed by atoms with Gasteiger partial charge in [-0.1, -0.05) is 12.6 Å². The van der Waals surface area contributed by atoms with Crippen LogP contribution in [0.3, 0.4) is 0 Å². The predicted molar refractivity (Wildman–Crippen MR) is 68.5 cm³/mol. The van der Waals surface area contributed by atoms with Gasteiger partial charge in [0.25, 0.3) is 0 Å². The number of rotatable bonds is 5. The topological polar surface area (TPSA) is 35.5 Å². The van der Waals surface area contributed by atoms with Crippen LogP contribution < -0.4 is 4.74 Å². The molecule has 0 atom stereocenters. The maximum Gasteiger partial charge on any atom is 0.330 e. The van der Waals surface area contributed by atoms with Crippen molar-refractivity contribution in [3.05, 3.63) is 39.8 Å². The standard InChI is InChI=1S/C11H10Br2O3/c1-2-10(14)16-7-6-15-9-5-3-4-8(12)11(9)13/h2-5H,1,6-7H2. The molecule has 1 aromatic carbocycles. The van der Waals surface area contributed by atoms with E-state index in [4.69, 9.17) is 9.47 Å². The summed E-state index contributed by atoms with van der Waals surface area (Å²) in [5.41, 5.74) is 0. The van der Waals surface area contributed by atoms with Gasteiger partial charge in [0.05, 0.1) is 4.47 Å². The minimum absolute atomic E-state index is 0.198. The summed E-state index contributed by atoms with van der Waals surface area (Å²) in [5, 5.41) is 0. The van der Waals surface area contributed by atoms with E-state index < -0.39 is 5.97 Å². The Kier molecular flexibility index (Phi) is 5.55. The van der Waals surface area contributed by atoms with Gasteiger partial charge in [0.2, 0.25) is 0 Å². The fraction of sp³-hybridized carbons (Fsp3) is 0.182. The molecule has 0 saturated carbocycles. The summed E-state index contributed by atoms with van der Waals surface area (Å²) < 4.78 is 11.9. The molecule has 5 heteroatoms. The van der Waals surface area contributed by atoms with Crippen LogP contribution in [0.4, 0.5) is 0 Å². The van der Waals surface area contributed by atoms with Crippen LogP contribution in [-0.4, -0.2) is 19.2 Å². The molecule has 0 aromatic heterocycles. The normalized spacial score (nSPS) is 9.62. The maximum absolute atomic E-state index is 10.7. The van der Waals surface area contributed by atoms with Crippen molar-refractivity contribution in [2.75, 3.05) is 13.2 Å². The van der Waals surface area contributed by atoms with E-state index in [-0.39, 0.29) is 6.61 Å². The zero-order valence-corrected chi connectivity index (χ0v) is 11.6. The summed E-state index contributed by atoms with van der Waals surface area (Å²) in [6.45, 7) is 3.79. The maximum atomic E-state index is 10.7. The number of esters is 1. The lowest BCUT2D eigenvalue weighted by molar-refractivity contribution is -0.138. The monoisotopic (exact) mass is 348 g/mol. The second kappa shape index (κ2) is 6.70. The number of ether oxygens (including phenoxy) is 2. The van der Waals surface area contributed by atoms with Crippen molar-refractivity contribution in [1.82, 2.24) is 0 Å². The minimum Gasteiger partial charge on any atom is -0.489 e. The van der Waals surface area contributed by atoms with E-state index in [9.17, 15) is 4.79 Å². The molecular formula is C11H10Br2O3. The van der Waals surface area contributed by atoms with Crippen molar-refractivity contribution in [1.29, 1.82) is 0 Å². The van der Waals surface area contributed by atoms with Crippen molar-refractivity contribution in [2.24, 2.45) is 0 Å². The molecule has 0 spiro atoms. The van der Waals surface area contributed by atoms with Crippen LogP contribution in [0.1, 0.15) is 0 Å². The number of benzene rings is 1. The van der Waals surface area contributed by atoms with Gasteiger partial charge >= 0.3 is 5.97 Å². The smallest absolute Gasteiger partial charge is 0.330 e. The summed E-state index contributed by atoms with van der Waals surface area (Å²) in [6.07, 6.45) is 1.12. The molecule has 0 bridgehead atoms. The lowest BCUT2D eigenvalue weighted by Crippen LogP contribution is -2.10. The Labute approximate surface area is 111 Å². The molecule has 0 radical (unpaired) electrons. The first-order valence-electron chi connectivity index (χ1n) is 4.51. The fourth-order valence-corrected chi connectivity index (χ4v) is 1.68. The van der Waals surface area contributed by atoms with E-state index in [2.05, 4.69) is 38.4 Å². The average molecular weight is 350 g/mol. The molecule has 3 nitrogen and oxygen atoms in total. The molecule has 1 aromatic rings. The zero-order valence-electron chi connectivity index (χ0n) is 8.41. The molecule has 1 rings (SSSR count). The number of hydrogen-bond acceptors (Lipinski definition) is 3. The highest BCUT2D eigenvalue weighted by atomic mass is 79.9. The van der Waals surface area contributed by atoms with E-state index in [0.29, 0.717) is 12.4 Å². The van der Waals surface area contributed by atoms with Crippen LogP contribution in [-0.2, 0) is 9.53 Å². The van der Waals surface area contributed by atoms with Gasteiger partial charge in [-0.2, -0.15) is 0 Å². The summed E-state index contributed by atoms with van der Waals surface area (Å²) >= 11 is 6.74. The Morgan fingerprint density at radius 2 is 2.12 bits per heavy atom. The molecular weight excluding hydrogens is 340 g/mol. The Bertz CT molecular complexity index is 391. The Hall–Kier alpha value is -0.810. The largest absolute Gasteiger partial charge is 0.489 e. The van der Waals surface area contributed by atoms with Gasteiger partial charge in [0.15, 0.2) is 0 Å². The Balaban J connectivity index is 2.40. The van der Waals surface area contributed by atoms with E-state index in [1.165, 1.54) is 0 Å². The first-order chi connectivity index (χ1) is 7.65. The fourth-order valence-electron chi connectivity index (χ4n) is 0.948. The molecule has 0 aliphatic rings. The van der Waals surface area contributed by atoms with Gasteiger partial charge in [-0.15, -0.1) is 0 Å². The van der Waals surface area contributed by atoms with E-state index >= 15 is 0 Å². The van der Waals surface area contributed by atoms with Crippen LogP contribution in [0.5, 0.6) is 5.75 Å². The summed E-state index contributed by atoms with van der Waals surface area (Å²) in [6, 6.07) is 5.58. The molecule has 0 N–H and O–H groups in total. The summed E-state index contributed by atoms with van der Waals surface area (Å²) in [7, 11) is 0. The number of carbonyl (C=O) groups is 1. The summed E-state index contributed by atoms with van der Waals surface area (Å²) in [4.78, 5) is 10.7. The van der Waals surface area contributed by atoms with E-state index in [1.54, 1.807) is 0 Å². The van der Waals surface area contributed by atoms with Gasteiger partial charge < -0.3 is 9.47 Å². The highest BCUT2D eigenvalue weighted by Gasteiger charge is 2.04. The predicted octanol–water partition coefficient (Wildman–Crippen LogP) is 3.32. The van der Waals surface area contributed by atoms with Crippen molar-refractivity contribution >= 4 is 37.8 Å². The zero-order chi connectivity index (χ0) is 12.0. The van der Waals surface area contributed by atoms with Crippen molar-refractivity contribution in [3.8, 4) is 5.75 Å². The van der Waals surface area contributed by atoms with Gasteiger partial charge in [-0.05, 0) is 44.0 Å². The van der Waals surface area contributed by atoms with Gasteiger partial charge in [-0.25, -0.2) is 4.79 Å². The molecule has 0 aliphatic heterocycles. The number of carbonyl (C=O) groups excluding carboxylic acids is 1. The summed E-state index contributed by atoms with van der Waals surface area (Å²) in [5.74, 6) is 0.251. The first-order valence-corrected chi connectivity index (χ1v) is 6.09. The third-order valence-electron chi connectivity index (χ3n) is 1.67. The molecule has 0 saturated heterocycles. The average Bonchev–Trinajstić information content (AvgIpc) is 2.29. The second-order valence-electron chi connectivity index (χ2n) is 2.77. The van der Waals surface area contributed by atoms with E-state index in [1.807, 2.05) is 18.2 Å². The van der Waals surface area contributed by atoms with Gasteiger partial charge in [0.1, 0.15) is 19.0 Å². The Morgan fingerprint density at radius 1 is 1.38 bits per heavy atom. The number of halogens is 2. The lowest BCUT2D eigenvalue weighted by atomic mass is 10.3. The van der Waals surface area contributed by atoms with Crippen LogP contribution in [0.25, 0.3) is 0 Å². The minimum atomic E-state index is -0.447. The quantitative estimate of drug-likeness (QED) is 0.464. The van der Waals surface area contributed by atoms with Crippen LogP contribution in [0.2, 0.25) is 0 Å². The van der Waals surface area contributed by atoms with Crippen LogP contribution >= 0.6 is 31.9 Å². The second-order valence-corrected chi connectivity index (χ2v) is 4.42. The molecule has 0 unspecified atom stereocenters. The molecule has 16 heavy (non-hydrogen) atoms. The number of hydrogen-bond donors (Lipinski definition) is 0. The highest BCUT2D eigenvalue weighted by molar-refractivity contribution is 9.13. The molecule has 86 valence electrons. The molecule has 0 aliphatic carbocycles. The molecule has 0 heterocycles. The third kappa shape index (κ3) is 3.98. The van der Waals surface area contributed by atoms with Crippen molar-refractivity contribution in [3.63, 3.8) is 0 Å². The van der Waals surface area contributed by atoms with E-state index in [0.717, 1.165) is 15.0 Å². The molecule has 0 fully saturated rings. The lowest BCUT2D eigenvalue weighted by Gasteiger charge is -2.08. The third-order valence-corrected chi connectivity index (χ3v) is 3.68. The SMILES string of the molecule is C=CC(=O)OCCOc1cccc(Br)c1Br. The molecule has 0 amide bonds. The van der Waals surface area contributed by atoms with Crippen molar-refractivity contribution in [2.45, 2.75) is 0 Å². The highest BCUT2D eigenvalue weighted by Crippen LogP contribution is 2.32. The van der Waals surface area contributed by atoms with Crippen LogP contribution in [0, 0.1) is 0 Å².